The molecule has 3 aromatic rings. The fourth-order valence-corrected chi connectivity index (χ4v) is 3.11. The van der Waals surface area contributed by atoms with Crippen molar-refractivity contribution in [3.05, 3.63) is 58.2 Å². The predicted octanol–water partition coefficient (Wildman–Crippen LogP) is 3.34. The van der Waals surface area contributed by atoms with Crippen molar-refractivity contribution in [3.8, 4) is 11.5 Å². The Hall–Kier alpha value is -3.89. The van der Waals surface area contributed by atoms with E-state index in [2.05, 4.69) is 15.5 Å². The molecule has 0 saturated carbocycles. The van der Waals surface area contributed by atoms with Gasteiger partial charge < -0.3 is 14.8 Å². The van der Waals surface area contributed by atoms with E-state index in [1.54, 1.807) is 24.0 Å². The fraction of sp³-hybridized carbons (Fsp3) is 0.381. The Balaban J connectivity index is 1.67. The van der Waals surface area contributed by atoms with Gasteiger partial charge in [-0.05, 0) is 45.4 Å². The van der Waals surface area contributed by atoms with Gasteiger partial charge in [0.15, 0.2) is 11.5 Å². The predicted molar refractivity (Wildman–Crippen MR) is 117 cm³/mol. The Morgan fingerprint density at radius 3 is 2.59 bits per heavy atom. The molecule has 11 nitrogen and oxygen atoms in total. The number of anilines is 1. The Labute approximate surface area is 185 Å². The number of benzene rings is 1. The van der Waals surface area contributed by atoms with Gasteiger partial charge in [0.25, 0.3) is 0 Å². The molecule has 3 rings (SSSR count). The van der Waals surface area contributed by atoms with Crippen LogP contribution in [0.2, 0.25) is 0 Å². The molecule has 0 aliphatic carbocycles. The minimum atomic E-state index is -0.731. The zero-order chi connectivity index (χ0) is 23.3. The van der Waals surface area contributed by atoms with Crippen LogP contribution in [0.1, 0.15) is 38.1 Å². The second kappa shape index (κ2) is 9.94. The van der Waals surface area contributed by atoms with Crippen molar-refractivity contribution in [1.29, 1.82) is 0 Å². The molecule has 2 heterocycles. The molecule has 32 heavy (non-hydrogen) atoms. The van der Waals surface area contributed by atoms with E-state index in [4.69, 9.17) is 9.47 Å². The topological polar surface area (TPSA) is 126 Å². The highest BCUT2D eigenvalue weighted by molar-refractivity contribution is 5.93. The summed E-state index contributed by atoms with van der Waals surface area (Å²) < 4.78 is 14.2. The van der Waals surface area contributed by atoms with E-state index < -0.39 is 11.0 Å². The van der Waals surface area contributed by atoms with Crippen molar-refractivity contribution in [2.24, 2.45) is 0 Å². The van der Waals surface area contributed by atoms with Crippen molar-refractivity contribution in [1.82, 2.24) is 19.6 Å². The van der Waals surface area contributed by atoms with Crippen LogP contribution in [0.25, 0.3) is 0 Å². The largest absolute Gasteiger partial charge is 0.490 e. The molecule has 1 amide bonds. The second-order valence-corrected chi connectivity index (χ2v) is 7.08. The van der Waals surface area contributed by atoms with Gasteiger partial charge >= 0.3 is 5.69 Å². The maximum absolute atomic E-state index is 12.6. The number of hydrogen-bond acceptors (Lipinski definition) is 7. The molecule has 0 saturated heterocycles. The van der Waals surface area contributed by atoms with Gasteiger partial charge in [-0.25, -0.2) is 0 Å². The minimum Gasteiger partial charge on any atom is -0.490 e. The lowest BCUT2D eigenvalue weighted by atomic mass is 10.2. The number of aromatic nitrogens is 4. The summed E-state index contributed by atoms with van der Waals surface area (Å²) in [6, 6.07) is 4.97. The van der Waals surface area contributed by atoms with E-state index in [-0.39, 0.29) is 17.3 Å². The highest BCUT2D eigenvalue weighted by Crippen LogP contribution is 2.29. The molecule has 1 N–H and O–H groups in total. The maximum atomic E-state index is 12.6. The van der Waals surface area contributed by atoms with Crippen LogP contribution in [-0.4, -0.2) is 43.6 Å². The zero-order valence-electron chi connectivity index (χ0n) is 18.4. The number of carbonyl (C=O) groups excluding carboxylic acids is 1. The summed E-state index contributed by atoms with van der Waals surface area (Å²) in [5, 5.41) is 22.1. The van der Waals surface area contributed by atoms with Crippen molar-refractivity contribution < 1.29 is 19.2 Å². The van der Waals surface area contributed by atoms with E-state index in [1.165, 1.54) is 17.8 Å². The van der Waals surface area contributed by atoms with Gasteiger partial charge in [0.05, 0.1) is 36.6 Å². The van der Waals surface area contributed by atoms with Gasteiger partial charge in [-0.1, -0.05) is 6.07 Å². The van der Waals surface area contributed by atoms with Crippen LogP contribution in [0, 0.1) is 17.0 Å². The van der Waals surface area contributed by atoms with E-state index in [9.17, 15) is 14.9 Å². The molecular formula is C21H26N6O5. The summed E-state index contributed by atoms with van der Waals surface area (Å²) in [6.07, 6.45) is 4.50. The maximum Gasteiger partial charge on any atom is 0.309 e. The Morgan fingerprint density at radius 1 is 1.22 bits per heavy atom. The first-order valence-electron chi connectivity index (χ1n) is 10.2. The number of rotatable bonds is 10. The van der Waals surface area contributed by atoms with Crippen LogP contribution in [0.5, 0.6) is 11.5 Å². The van der Waals surface area contributed by atoms with Crippen LogP contribution in [0.3, 0.4) is 0 Å². The molecule has 0 radical (unpaired) electrons. The molecule has 1 atom stereocenters. The van der Waals surface area contributed by atoms with Gasteiger partial charge in [-0.3, -0.25) is 24.3 Å². The first-order valence-corrected chi connectivity index (χ1v) is 10.2. The number of nitrogens with zero attached hydrogens (tertiary/aromatic N) is 5. The number of carbonyl (C=O) groups is 1. The Morgan fingerprint density at radius 2 is 1.94 bits per heavy atom. The van der Waals surface area contributed by atoms with Gasteiger partial charge in [-0.2, -0.15) is 10.2 Å². The first-order chi connectivity index (χ1) is 15.3. The molecule has 170 valence electrons. The summed E-state index contributed by atoms with van der Waals surface area (Å²) in [5.41, 5.74) is 1.60. The Kier molecular flexibility index (Phi) is 7.08. The SMILES string of the molecule is CCOc1ccc(Cn2cc(NC(=O)C(C)n3cc([N+](=O)[O-])c(C)n3)cn2)cc1OCC. The van der Waals surface area contributed by atoms with Crippen LogP contribution in [0.15, 0.2) is 36.8 Å². The number of aryl methyl sites for hydroxylation is 1. The first kappa shape index (κ1) is 22.8. The van der Waals surface area contributed by atoms with Crippen molar-refractivity contribution in [3.63, 3.8) is 0 Å². The number of amides is 1. The second-order valence-electron chi connectivity index (χ2n) is 7.08. The summed E-state index contributed by atoms with van der Waals surface area (Å²) in [7, 11) is 0. The molecule has 1 aromatic carbocycles. The van der Waals surface area contributed by atoms with Crippen LogP contribution < -0.4 is 14.8 Å². The molecule has 0 aliphatic heterocycles. The molecule has 11 heteroatoms. The lowest BCUT2D eigenvalue weighted by molar-refractivity contribution is -0.385. The molecule has 0 fully saturated rings. The Bertz CT molecular complexity index is 1110. The van der Waals surface area contributed by atoms with Crippen molar-refractivity contribution >= 4 is 17.3 Å². The monoisotopic (exact) mass is 442 g/mol. The number of nitro groups is 1. The molecule has 2 aromatic heterocycles. The summed E-state index contributed by atoms with van der Waals surface area (Å²) >= 11 is 0. The molecule has 0 bridgehead atoms. The standard InChI is InChI=1S/C21H26N6O5/c1-5-31-19-8-7-16(9-20(19)32-6-2)11-25-12-17(10-22-25)23-21(28)15(4)26-13-18(27(29)30)14(3)24-26/h7-10,12-13,15H,5-6,11H2,1-4H3,(H,23,28). The average molecular weight is 442 g/mol. The smallest absolute Gasteiger partial charge is 0.309 e. The third kappa shape index (κ3) is 5.23. The van der Waals surface area contributed by atoms with Crippen molar-refractivity contribution in [2.75, 3.05) is 18.5 Å². The normalized spacial score (nSPS) is 11.8. The molecule has 0 spiro atoms. The van der Waals surface area contributed by atoms with Crippen molar-refractivity contribution in [2.45, 2.75) is 40.3 Å². The average Bonchev–Trinajstić information content (AvgIpc) is 3.36. The number of ether oxygens (including phenoxy) is 2. The third-order valence-electron chi connectivity index (χ3n) is 4.72. The van der Waals surface area contributed by atoms with Gasteiger partial charge in [0.2, 0.25) is 5.91 Å². The lowest BCUT2D eigenvalue weighted by Crippen LogP contribution is -2.24. The van der Waals surface area contributed by atoms with Gasteiger partial charge in [0.1, 0.15) is 17.9 Å². The number of nitrogens with one attached hydrogen (secondary N) is 1. The highest BCUT2D eigenvalue weighted by Gasteiger charge is 2.22. The van der Waals surface area contributed by atoms with E-state index in [1.807, 2.05) is 32.0 Å². The summed E-state index contributed by atoms with van der Waals surface area (Å²) in [6.45, 7) is 8.52. The fourth-order valence-electron chi connectivity index (χ4n) is 3.11. The van der Waals surface area contributed by atoms with E-state index >= 15 is 0 Å². The minimum absolute atomic E-state index is 0.126. The lowest BCUT2D eigenvalue weighted by Gasteiger charge is -2.12. The van der Waals surface area contributed by atoms with E-state index in [0.717, 1.165) is 5.56 Å². The zero-order valence-corrected chi connectivity index (χ0v) is 18.4. The highest BCUT2D eigenvalue weighted by atomic mass is 16.6. The molecule has 0 aliphatic rings. The molecule has 1 unspecified atom stereocenters. The van der Waals surface area contributed by atoms with E-state index in [0.29, 0.717) is 36.9 Å². The van der Waals surface area contributed by atoms with Gasteiger partial charge in [-0.15, -0.1) is 0 Å². The third-order valence-corrected chi connectivity index (χ3v) is 4.72. The number of hydrogen-bond donors (Lipinski definition) is 1. The summed E-state index contributed by atoms with van der Waals surface area (Å²) in [5.74, 6) is 1.00. The van der Waals surface area contributed by atoms with Gasteiger partial charge in [0, 0.05) is 6.20 Å². The summed E-state index contributed by atoms with van der Waals surface area (Å²) in [4.78, 5) is 23.1. The van der Waals surface area contributed by atoms with Crippen LogP contribution in [-0.2, 0) is 11.3 Å². The quantitative estimate of drug-likeness (QED) is 0.377. The van der Waals surface area contributed by atoms with Crippen LogP contribution in [0.4, 0.5) is 11.4 Å². The molecular weight excluding hydrogens is 416 g/mol. The van der Waals surface area contributed by atoms with Crippen LogP contribution >= 0.6 is 0 Å².